The summed E-state index contributed by atoms with van der Waals surface area (Å²) in [6.45, 7) is 1.81. The van der Waals surface area contributed by atoms with Crippen LogP contribution in [0.1, 0.15) is 23.8 Å². The summed E-state index contributed by atoms with van der Waals surface area (Å²) < 4.78 is 3.56. The molecule has 0 radical (unpaired) electrons. The average Bonchev–Trinajstić information content (AvgIpc) is 2.37. The van der Waals surface area contributed by atoms with E-state index in [9.17, 15) is 4.79 Å². The van der Waals surface area contributed by atoms with Gasteiger partial charge in [0.25, 0.3) is 0 Å². The van der Waals surface area contributed by atoms with Crippen molar-refractivity contribution in [3.63, 3.8) is 0 Å². The van der Waals surface area contributed by atoms with Crippen molar-refractivity contribution in [1.82, 2.24) is 9.59 Å². The summed E-state index contributed by atoms with van der Waals surface area (Å²) >= 11 is 1.20. The minimum Gasteiger partial charge on any atom is -0.292 e. The molecule has 0 aromatic carbocycles. The van der Waals surface area contributed by atoms with Gasteiger partial charge in [0.1, 0.15) is 5.69 Å². The third kappa shape index (κ3) is 1.32. The fraction of sp³-hybridized carbons (Fsp3) is 0.400. The summed E-state index contributed by atoms with van der Waals surface area (Å²) in [4.78, 5) is 10.8. The maximum absolute atomic E-state index is 10.8. The second kappa shape index (κ2) is 2.68. The van der Waals surface area contributed by atoms with Crippen molar-refractivity contribution >= 4 is 17.3 Å². The summed E-state index contributed by atoms with van der Waals surface area (Å²) in [7, 11) is 0. The predicted molar refractivity (Wildman–Crippen MR) is 34.5 cm³/mol. The molecule has 1 aromatic heterocycles. The molecule has 0 amide bonds. The van der Waals surface area contributed by atoms with E-state index < -0.39 is 0 Å². The normalized spacial score (nSPS) is 9.44. The van der Waals surface area contributed by atoms with Crippen LogP contribution in [-0.2, 0) is 0 Å². The standard InChI is InChI=1S/C5H6N2OS/c1-2-5(8)4-3-9-7-6-4/h3H,2H2,1H3. The topological polar surface area (TPSA) is 42.9 Å². The van der Waals surface area contributed by atoms with Gasteiger partial charge in [-0.1, -0.05) is 11.4 Å². The smallest absolute Gasteiger partial charge is 0.183 e. The number of hydrogen-bond acceptors (Lipinski definition) is 4. The molecule has 9 heavy (non-hydrogen) atoms. The van der Waals surface area contributed by atoms with E-state index in [2.05, 4.69) is 9.59 Å². The van der Waals surface area contributed by atoms with Crippen LogP contribution in [0.25, 0.3) is 0 Å². The van der Waals surface area contributed by atoms with E-state index in [4.69, 9.17) is 0 Å². The largest absolute Gasteiger partial charge is 0.292 e. The first kappa shape index (κ1) is 6.35. The average molecular weight is 142 g/mol. The molecular formula is C5H6N2OS. The van der Waals surface area contributed by atoms with E-state index >= 15 is 0 Å². The molecule has 0 atom stereocenters. The van der Waals surface area contributed by atoms with E-state index in [-0.39, 0.29) is 5.78 Å². The number of hydrogen-bond donors (Lipinski definition) is 0. The summed E-state index contributed by atoms with van der Waals surface area (Å²) in [5.41, 5.74) is 0.488. The Labute approximate surface area is 56.9 Å². The van der Waals surface area contributed by atoms with Gasteiger partial charge in [-0.2, -0.15) is 0 Å². The highest BCUT2D eigenvalue weighted by molar-refractivity contribution is 7.03. The molecular weight excluding hydrogens is 136 g/mol. The van der Waals surface area contributed by atoms with Gasteiger partial charge in [0, 0.05) is 11.8 Å². The lowest BCUT2D eigenvalue weighted by Crippen LogP contribution is -1.95. The van der Waals surface area contributed by atoms with E-state index in [1.54, 1.807) is 5.38 Å². The third-order valence-electron chi connectivity index (χ3n) is 0.967. The molecule has 48 valence electrons. The van der Waals surface area contributed by atoms with Crippen molar-refractivity contribution in [2.24, 2.45) is 0 Å². The Bertz CT molecular complexity index is 195. The number of Topliss-reactive ketones (excluding diaryl/α,β-unsaturated/α-hetero) is 1. The molecule has 1 rings (SSSR count). The first-order chi connectivity index (χ1) is 4.34. The lowest BCUT2D eigenvalue weighted by Gasteiger charge is -1.83. The molecule has 1 heterocycles. The summed E-state index contributed by atoms with van der Waals surface area (Å²) in [5, 5.41) is 5.26. The number of carbonyl (C=O) groups excluding carboxylic acids is 1. The Morgan fingerprint density at radius 2 is 2.67 bits per heavy atom. The fourth-order valence-electron chi connectivity index (χ4n) is 0.467. The Kier molecular flexibility index (Phi) is 1.89. The zero-order valence-corrected chi connectivity index (χ0v) is 5.81. The Balaban J connectivity index is 2.77. The second-order valence-electron chi connectivity index (χ2n) is 1.57. The number of carbonyl (C=O) groups is 1. The molecule has 0 aliphatic rings. The van der Waals surface area contributed by atoms with Gasteiger partial charge < -0.3 is 0 Å². The van der Waals surface area contributed by atoms with E-state index in [1.165, 1.54) is 11.5 Å². The molecule has 1 aromatic rings. The van der Waals surface area contributed by atoms with Crippen LogP contribution in [-0.4, -0.2) is 15.4 Å². The zero-order valence-electron chi connectivity index (χ0n) is 5.00. The zero-order chi connectivity index (χ0) is 6.69. The summed E-state index contributed by atoms with van der Waals surface area (Å²) in [6.07, 6.45) is 0.505. The molecule has 0 saturated heterocycles. The van der Waals surface area contributed by atoms with Gasteiger partial charge in [-0.15, -0.1) is 5.10 Å². The van der Waals surface area contributed by atoms with Crippen molar-refractivity contribution < 1.29 is 4.79 Å². The van der Waals surface area contributed by atoms with Crippen molar-refractivity contribution in [1.29, 1.82) is 0 Å². The highest BCUT2D eigenvalue weighted by atomic mass is 32.1. The third-order valence-corrected chi connectivity index (χ3v) is 1.47. The van der Waals surface area contributed by atoms with Crippen LogP contribution < -0.4 is 0 Å². The molecule has 0 saturated carbocycles. The molecule has 0 unspecified atom stereocenters. The predicted octanol–water partition coefficient (Wildman–Crippen LogP) is 1.13. The van der Waals surface area contributed by atoms with Gasteiger partial charge >= 0.3 is 0 Å². The maximum Gasteiger partial charge on any atom is 0.183 e. The number of rotatable bonds is 2. The minimum atomic E-state index is 0.0590. The Morgan fingerprint density at radius 3 is 3.11 bits per heavy atom. The van der Waals surface area contributed by atoms with Gasteiger partial charge in [-0.25, -0.2) is 0 Å². The number of nitrogens with zero attached hydrogens (tertiary/aromatic N) is 2. The quantitative estimate of drug-likeness (QED) is 0.581. The molecule has 0 N–H and O–H groups in total. The molecule has 0 aliphatic carbocycles. The number of aromatic nitrogens is 2. The van der Waals surface area contributed by atoms with Crippen molar-refractivity contribution in [2.75, 3.05) is 0 Å². The van der Waals surface area contributed by atoms with Gasteiger partial charge in [0.05, 0.1) is 0 Å². The van der Waals surface area contributed by atoms with Crippen LogP contribution in [0.4, 0.5) is 0 Å². The van der Waals surface area contributed by atoms with E-state index in [0.717, 1.165) is 0 Å². The lowest BCUT2D eigenvalue weighted by atomic mass is 10.2. The van der Waals surface area contributed by atoms with Gasteiger partial charge in [-0.05, 0) is 11.5 Å². The molecule has 3 nitrogen and oxygen atoms in total. The van der Waals surface area contributed by atoms with Gasteiger partial charge in [0.15, 0.2) is 5.78 Å². The second-order valence-corrected chi connectivity index (χ2v) is 2.18. The monoisotopic (exact) mass is 142 g/mol. The van der Waals surface area contributed by atoms with Crippen molar-refractivity contribution in [3.8, 4) is 0 Å². The number of ketones is 1. The minimum absolute atomic E-state index is 0.0590. The molecule has 4 heteroatoms. The first-order valence-corrected chi connectivity index (χ1v) is 3.48. The Hall–Kier alpha value is -0.770. The van der Waals surface area contributed by atoms with Crippen LogP contribution in [0.15, 0.2) is 5.38 Å². The summed E-state index contributed by atoms with van der Waals surface area (Å²) in [6, 6.07) is 0. The Morgan fingerprint density at radius 1 is 1.89 bits per heavy atom. The van der Waals surface area contributed by atoms with Crippen LogP contribution in [0, 0.1) is 0 Å². The molecule has 0 spiro atoms. The lowest BCUT2D eigenvalue weighted by molar-refractivity contribution is 0.0983. The van der Waals surface area contributed by atoms with E-state index in [0.29, 0.717) is 12.1 Å². The highest BCUT2D eigenvalue weighted by Gasteiger charge is 2.03. The maximum atomic E-state index is 10.8. The van der Waals surface area contributed by atoms with Crippen LogP contribution in [0.2, 0.25) is 0 Å². The van der Waals surface area contributed by atoms with E-state index in [1.807, 2.05) is 6.92 Å². The van der Waals surface area contributed by atoms with Gasteiger partial charge in [-0.3, -0.25) is 4.79 Å². The van der Waals surface area contributed by atoms with Crippen LogP contribution >= 0.6 is 11.5 Å². The fourth-order valence-corrected chi connectivity index (χ4v) is 0.928. The van der Waals surface area contributed by atoms with Crippen molar-refractivity contribution in [3.05, 3.63) is 11.1 Å². The van der Waals surface area contributed by atoms with Crippen LogP contribution in [0.3, 0.4) is 0 Å². The first-order valence-electron chi connectivity index (χ1n) is 2.65. The highest BCUT2D eigenvalue weighted by Crippen LogP contribution is 1.99. The molecule has 0 bridgehead atoms. The SMILES string of the molecule is CCC(=O)c1csnn1. The molecule has 0 fully saturated rings. The van der Waals surface area contributed by atoms with Gasteiger partial charge in [0.2, 0.25) is 0 Å². The van der Waals surface area contributed by atoms with Crippen molar-refractivity contribution in [2.45, 2.75) is 13.3 Å². The van der Waals surface area contributed by atoms with Crippen LogP contribution in [0.5, 0.6) is 0 Å². The molecule has 0 aliphatic heterocycles. The summed E-state index contributed by atoms with van der Waals surface area (Å²) in [5.74, 6) is 0.0590.